The molecule has 3 aliphatic heterocycles. The molecular formula is C29H38ClN3O3. The molecule has 3 heterocycles. The van der Waals surface area contributed by atoms with Gasteiger partial charge in [0, 0.05) is 61.9 Å². The highest BCUT2D eigenvalue weighted by Crippen LogP contribution is 2.33. The van der Waals surface area contributed by atoms with Crippen molar-refractivity contribution < 1.29 is 14.3 Å². The van der Waals surface area contributed by atoms with Gasteiger partial charge in [-0.3, -0.25) is 14.6 Å². The van der Waals surface area contributed by atoms with Crippen LogP contribution in [-0.2, 0) is 11.2 Å². The van der Waals surface area contributed by atoms with E-state index in [4.69, 9.17) is 21.1 Å². The van der Waals surface area contributed by atoms with E-state index in [9.17, 15) is 4.79 Å². The Morgan fingerprint density at radius 1 is 1.00 bits per heavy atom. The quantitative estimate of drug-likeness (QED) is 0.472. The largest absolute Gasteiger partial charge is 0.493 e. The second kappa shape index (κ2) is 11.5. The molecule has 0 aliphatic carbocycles. The number of hydrogen-bond acceptors (Lipinski definition) is 5. The van der Waals surface area contributed by atoms with Gasteiger partial charge in [-0.25, -0.2) is 0 Å². The lowest BCUT2D eigenvalue weighted by Crippen LogP contribution is -2.49. The zero-order valence-electron chi connectivity index (χ0n) is 21.5. The number of rotatable bonds is 9. The third-order valence-electron chi connectivity index (χ3n) is 8.20. The van der Waals surface area contributed by atoms with Crippen LogP contribution in [0, 0.1) is 13.8 Å². The summed E-state index contributed by atoms with van der Waals surface area (Å²) in [5.41, 5.74) is 4.71. The van der Waals surface area contributed by atoms with Crippen molar-refractivity contribution in [2.24, 2.45) is 0 Å². The highest BCUT2D eigenvalue weighted by molar-refractivity contribution is 6.30. The smallest absolute Gasteiger partial charge is 0.254 e. The second-order valence-corrected chi connectivity index (χ2v) is 10.8. The summed E-state index contributed by atoms with van der Waals surface area (Å²) >= 11 is 5.98. The summed E-state index contributed by atoms with van der Waals surface area (Å²) in [4.78, 5) is 20.0. The number of amides is 1. The van der Waals surface area contributed by atoms with Gasteiger partial charge in [0.05, 0.1) is 19.8 Å². The molecule has 2 aromatic rings. The Kier molecular flexibility index (Phi) is 8.16. The molecule has 0 saturated carbocycles. The molecule has 36 heavy (non-hydrogen) atoms. The van der Waals surface area contributed by atoms with Gasteiger partial charge in [0.15, 0.2) is 0 Å². The third-order valence-corrected chi connectivity index (χ3v) is 8.46. The van der Waals surface area contributed by atoms with E-state index < -0.39 is 0 Å². The number of carbonyl (C=O) groups is 1. The van der Waals surface area contributed by atoms with Gasteiger partial charge < -0.3 is 14.4 Å². The van der Waals surface area contributed by atoms with Gasteiger partial charge in [0.1, 0.15) is 5.75 Å². The van der Waals surface area contributed by atoms with Crippen molar-refractivity contribution in [3.63, 3.8) is 0 Å². The SMILES string of the molecule is Cc1c(CCN2C[C@H]3C[C@@H]2CN3C(=O)c2ccc(Cl)cc2)ccc(OCCCN2CCOCC2)c1C. The van der Waals surface area contributed by atoms with E-state index >= 15 is 0 Å². The van der Waals surface area contributed by atoms with E-state index in [0.717, 1.165) is 89.7 Å². The summed E-state index contributed by atoms with van der Waals surface area (Å²) in [6.07, 6.45) is 3.14. The van der Waals surface area contributed by atoms with Gasteiger partial charge in [-0.1, -0.05) is 17.7 Å². The van der Waals surface area contributed by atoms with Crippen LogP contribution >= 0.6 is 11.6 Å². The van der Waals surface area contributed by atoms with Crippen LogP contribution in [0.5, 0.6) is 5.75 Å². The van der Waals surface area contributed by atoms with E-state index in [1.165, 1.54) is 16.7 Å². The molecule has 6 nitrogen and oxygen atoms in total. The summed E-state index contributed by atoms with van der Waals surface area (Å²) in [6, 6.07) is 12.4. The zero-order valence-corrected chi connectivity index (χ0v) is 22.3. The fraction of sp³-hybridized carbons (Fsp3) is 0.552. The molecule has 0 N–H and O–H groups in total. The molecular weight excluding hydrogens is 474 g/mol. The molecule has 2 aromatic carbocycles. The molecule has 2 atom stereocenters. The molecule has 2 bridgehead atoms. The standard InChI is InChI=1S/C29H38ClN3O3/c1-21-22(2)28(36-15-3-11-31-13-16-35-17-14-31)9-6-23(21)10-12-32-19-27-18-26(32)20-33(27)29(34)24-4-7-25(30)8-5-24/h4-9,26-27H,3,10-20H2,1-2H3/t26-,27-/m1/s1. The first-order valence-electron chi connectivity index (χ1n) is 13.3. The van der Waals surface area contributed by atoms with Crippen LogP contribution in [0.25, 0.3) is 0 Å². The van der Waals surface area contributed by atoms with Crippen LogP contribution in [-0.4, -0.2) is 91.8 Å². The van der Waals surface area contributed by atoms with Crippen molar-refractivity contribution >= 4 is 17.5 Å². The Hall–Kier alpha value is -2.12. The summed E-state index contributed by atoms with van der Waals surface area (Å²) < 4.78 is 11.6. The molecule has 3 saturated heterocycles. The van der Waals surface area contributed by atoms with Gasteiger partial charge in [-0.05, 0) is 80.1 Å². The predicted octanol–water partition coefficient (Wildman–Crippen LogP) is 4.20. The summed E-state index contributed by atoms with van der Waals surface area (Å²) in [5.74, 6) is 1.14. The number of halogens is 1. The number of hydrogen-bond donors (Lipinski definition) is 0. The normalized spacial score (nSPS) is 22.4. The number of carbonyl (C=O) groups excluding carboxylic acids is 1. The van der Waals surface area contributed by atoms with Gasteiger partial charge in [-0.15, -0.1) is 0 Å². The maximum atomic E-state index is 13.0. The number of piperazine rings is 1. The highest BCUT2D eigenvalue weighted by atomic mass is 35.5. The Morgan fingerprint density at radius 3 is 2.50 bits per heavy atom. The summed E-state index contributed by atoms with van der Waals surface area (Å²) in [7, 11) is 0. The molecule has 0 spiro atoms. The lowest BCUT2D eigenvalue weighted by Gasteiger charge is -2.34. The lowest BCUT2D eigenvalue weighted by molar-refractivity contribution is 0.0358. The number of ether oxygens (including phenoxy) is 2. The first-order chi connectivity index (χ1) is 17.5. The van der Waals surface area contributed by atoms with Crippen LogP contribution in [0.1, 0.15) is 39.9 Å². The van der Waals surface area contributed by atoms with Gasteiger partial charge in [0.2, 0.25) is 0 Å². The minimum absolute atomic E-state index is 0.130. The molecule has 7 heteroatoms. The molecule has 5 rings (SSSR count). The maximum Gasteiger partial charge on any atom is 0.254 e. The van der Waals surface area contributed by atoms with Gasteiger partial charge >= 0.3 is 0 Å². The number of benzene rings is 2. The van der Waals surface area contributed by atoms with E-state index in [1.807, 2.05) is 12.1 Å². The fourth-order valence-electron chi connectivity index (χ4n) is 5.87. The van der Waals surface area contributed by atoms with E-state index in [-0.39, 0.29) is 5.91 Å². The van der Waals surface area contributed by atoms with Gasteiger partial charge in [0.25, 0.3) is 5.91 Å². The Labute approximate surface area is 220 Å². The molecule has 3 fully saturated rings. The van der Waals surface area contributed by atoms with E-state index in [2.05, 4.69) is 40.7 Å². The van der Waals surface area contributed by atoms with Crippen LogP contribution < -0.4 is 4.74 Å². The van der Waals surface area contributed by atoms with Crippen molar-refractivity contribution in [1.82, 2.24) is 14.7 Å². The van der Waals surface area contributed by atoms with Crippen LogP contribution in [0.4, 0.5) is 0 Å². The van der Waals surface area contributed by atoms with Crippen molar-refractivity contribution in [2.45, 2.75) is 45.2 Å². The first kappa shape index (κ1) is 25.5. The van der Waals surface area contributed by atoms with Crippen LogP contribution in [0.15, 0.2) is 36.4 Å². The number of fused-ring (bicyclic) bond motifs is 2. The molecule has 194 valence electrons. The molecule has 0 aromatic heterocycles. The van der Waals surface area contributed by atoms with Crippen molar-refractivity contribution in [2.75, 3.05) is 59.1 Å². The minimum Gasteiger partial charge on any atom is -0.493 e. The maximum absolute atomic E-state index is 13.0. The number of likely N-dealkylation sites (tertiary alicyclic amines) is 2. The fourth-order valence-corrected chi connectivity index (χ4v) is 5.99. The Balaban J connectivity index is 1.09. The van der Waals surface area contributed by atoms with E-state index in [0.29, 0.717) is 17.1 Å². The van der Waals surface area contributed by atoms with Crippen molar-refractivity contribution in [3.8, 4) is 5.75 Å². The Bertz CT molecular complexity index is 1050. The van der Waals surface area contributed by atoms with Crippen molar-refractivity contribution in [3.05, 3.63) is 63.7 Å². The molecule has 0 radical (unpaired) electrons. The highest BCUT2D eigenvalue weighted by Gasteiger charge is 2.44. The van der Waals surface area contributed by atoms with Crippen LogP contribution in [0.2, 0.25) is 5.02 Å². The zero-order chi connectivity index (χ0) is 25.1. The number of morpholine rings is 1. The first-order valence-corrected chi connectivity index (χ1v) is 13.7. The summed E-state index contributed by atoms with van der Waals surface area (Å²) in [5, 5.41) is 0.662. The van der Waals surface area contributed by atoms with Gasteiger partial charge in [-0.2, -0.15) is 0 Å². The van der Waals surface area contributed by atoms with E-state index in [1.54, 1.807) is 12.1 Å². The summed E-state index contributed by atoms with van der Waals surface area (Å²) in [6.45, 7) is 12.8. The molecule has 1 amide bonds. The molecule has 3 aliphatic rings. The Morgan fingerprint density at radius 2 is 1.78 bits per heavy atom. The van der Waals surface area contributed by atoms with Crippen molar-refractivity contribution in [1.29, 1.82) is 0 Å². The lowest BCUT2D eigenvalue weighted by atomic mass is 9.99. The average molecular weight is 512 g/mol. The third kappa shape index (κ3) is 5.72. The minimum atomic E-state index is 0.130. The molecule has 0 unspecified atom stereocenters. The topological polar surface area (TPSA) is 45.2 Å². The average Bonchev–Trinajstić information content (AvgIpc) is 3.50. The van der Waals surface area contributed by atoms with Crippen LogP contribution in [0.3, 0.4) is 0 Å². The predicted molar refractivity (Wildman–Crippen MR) is 143 cm³/mol. The second-order valence-electron chi connectivity index (χ2n) is 10.4. The monoisotopic (exact) mass is 511 g/mol. The number of nitrogens with zero attached hydrogens (tertiary/aromatic N) is 3.